The van der Waals surface area contributed by atoms with E-state index in [9.17, 15) is 24.5 Å². The summed E-state index contributed by atoms with van der Waals surface area (Å²) in [4.78, 5) is 23.1. The van der Waals surface area contributed by atoms with E-state index in [4.69, 9.17) is 9.05 Å². The number of phosphoric acid groups is 1. The van der Waals surface area contributed by atoms with Crippen LogP contribution in [0.5, 0.6) is 0 Å². The Bertz CT molecular complexity index is 982. The summed E-state index contributed by atoms with van der Waals surface area (Å²) in [5, 5.41) is 24.6. The molecule has 0 rings (SSSR count). The minimum absolute atomic E-state index is 0.0140. The van der Waals surface area contributed by atoms with Crippen LogP contribution in [0.25, 0.3) is 0 Å². The highest BCUT2D eigenvalue weighted by Crippen LogP contribution is 2.43. The molecule has 0 radical (unpaired) electrons. The van der Waals surface area contributed by atoms with Crippen molar-refractivity contribution in [3.63, 3.8) is 0 Å². The normalized spacial score (nSPS) is 15.4. The molecular weight excluding hydrogens is 687 g/mol. The van der Waals surface area contributed by atoms with E-state index in [0.717, 1.165) is 44.9 Å². The lowest BCUT2D eigenvalue weighted by Crippen LogP contribution is -2.51. The molecule has 0 aliphatic carbocycles. The molecule has 0 aromatic heterocycles. The minimum Gasteiger partial charge on any atom is -0.390 e. The third-order valence-corrected chi connectivity index (χ3v) is 10.4. The van der Waals surface area contributed by atoms with Crippen LogP contribution in [0.4, 0.5) is 0 Å². The van der Waals surface area contributed by atoms with Gasteiger partial charge in [-0.3, -0.25) is 13.8 Å². The first-order chi connectivity index (χ1) is 25.4. The Morgan fingerprint density at radius 1 is 0.660 bits per heavy atom. The lowest BCUT2D eigenvalue weighted by atomic mass is 10.0. The van der Waals surface area contributed by atoms with E-state index in [-0.39, 0.29) is 18.9 Å². The number of hydrogen-bond acceptors (Lipinski definition) is 6. The van der Waals surface area contributed by atoms with Gasteiger partial charge in [-0.25, -0.2) is 4.57 Å². The van der Waals surface area contributed by atoms with Crippen LogP contribution >= 0.6 is 7.82 Å². The molecule has 0 saturated carbocycles. The van der Waals surface area contributed by atoms with E-state index in [1.54, 1.807) is 0 Å². The Hall–Kier alpha value is -1.32. The van der Waals surface area contributed by atoms with Crippen molar-refractivity contribution >= 4 is 13.7 Å². The van der Waals surface area contributed by atoms with Crippen LogP contribution in [0.15, 0.2) is 36.5 Å². The van der Waals surface area contributed by atoms with Crippen molar-refractivity contribution in [2.75, 3.05) is 40.9 Å². The Morgan fingerprint density at radius 3 is 1.66 bits per heavy atom. The number of rotatable bonds is 38. The number of quaternary nitrogens is 1. The van der Waals surface area contributed by atoms with E-state index in [2.05, 4.69) is 55.6 Å². The maximum absolute atomic E-state index is 12.9. The molecular formula is C43H84N2O7P+. The number of phosphoric ester groups is 1. The van der Waals surface area contributed by atoms with Gasteiger partial charge in [0.2, 0.25) is 5.91 Å². The second-order valence-electron chi connectivity index (χ2n) is 15.8. The van der Waals surface area contributed by atoms with Crippen molar-refractivity contribution in [1.29, 1.82) is 0 Å². The fraction of sp³-hybridized carbons (Fsp3) is 0.837. The summed E-state index contributed by atoms with van der Waals surface area (Å²) in [6.07, 6.45) is 37.7. The van der Waals surface area contributed by atoms with Gasteiger partial charge in [0.15, 0.2) is 0 Å². The average Bonchev–Trinajstić information content (AvgIpc) is 3.10. The topological polar surface area (TPSA) is 125 Å². The van der Waals surface area contributed by atoms with Gasteiger partial charge in [0.1, 0.15) is 19.3 Å². The number of hydrogen-bond donors (Lipinski definition) is 4. The number of allylic oxidation sites excluding steroid dienone is 6. The maximum atomic E-state index is 12.9. The molecule has 0 aromatic carbocycles. The third-order valence-electron chi connectivity index (χ3n) is 9.45. The van der Waals surface area contributed by atoms with Gasteiger partial charge in [-0.1, -0.05) is 134 Å². The largest absolute Gasteiger partial charge is 0.472 e. The first-order valence-corrected chi connectivity index (χ1v) is 22.9. The molecule has 53 heavy (non-hydrogen) atoms. The van der Waals surface area contributed by atoms with Crippen molar-refractivity contribution < 1.29 is 38.0 Å². The van der Waals surface area contributed by atoms with Crippen LogP contribution in [-0.4, -0.2) is 84.6 Å². The fourth-order valence-electron chi connectivity index (χ4n) is 5.94. The summed E-state index contributed by atoms with van der Waals surface area (Å²) in [5.74, 6) is -0.278. The van der Waals surface area contributed by atoms with Crippen molar-refractivity contribution in [2.24, 2.45) is 0 Å². The summed E-state index contributed by atoms with van der Waals surface area (Å²) < 4.78 is 23.4. The predicted molar refractivity (Wildman–Crippen MR) is 223 cm³/mol. The van der Waals surface area contributed by atoms with Crippen LogP contribution in [0.3, 0.4) is 0 Å². The Balaban J connectivity index is 4.57. The van der Waals surface area contributed by atoms with Gasteiger partial charge in [-0.15, -0.1) is 0 Å². The van der Waals surface area contributed by atoms with Gasteiger partial charge in [0, 0.05) is 6.42 Å². The molecule has 0 bridgehead atoms. The molecule has 0 fully saturated rings. The van der Waals surface area contributed by atoms with Gasteiger partial charge >= 0.3 is 7.82 Å². The monoisotopic (exact) mass is 772 g/mol. The summed E-state index contributed by atoms with van der Waals surface area (Å²) in [6, 6.07) is -1.05. The van der Waals surface area contributed by atoms with Gasteiger partial charge in [0.05, 0.1) is 39.9 Å². The minimum atomic E-state index is -4.42. The van der Waals surface area contributed by atoms with Gasteiger partial charge in [-0.05, 0) is 70.6 Å². The summed E-state index contributed by atoms with van der Waals surface area (Å²) in [5.41, 5.74) is 0. The molecule has 0 aliphatic heterocycles. The summed E-state index contributed by atoms with van der Waals surface area (Å²) >= 11 is 0. The van der Waals surface area contributed by atoms with Crippen LogP contribution < -0.4 is 5.32 Å². The summed E-state index contributed by atoms with van der Waals surface area (Å²) in [7, 11) is 1.41. The standard InChI is InChI=1S/C43H83N2O7P/c1-6-8-10-12-14-16-18-20-21-22-23-24-26-28-30-32-34-36-42(47)44-40(39-52-53(49,50)51-38-37-45(3,4)5)43(48)41(46)35-33-31-29-27-25-19-17-15-13-11-9-7-2/h14,16,20-21,27,29,40-41,43,46,48H,6-13,15,17-19,22-26,28,30-39H2,1-5H3,(H-,44,47,49,50)/p+1/b16-14-,21-20-,29-27+. The van der Waals surface area contributed by atoms with Crippen LogP contribution in [0.1, 0.15) is 174 Å². The second-order valence-corrected chi connectivity index (χ2v) is 17.3. The summed E-state index contributed by atoms with van der Waals surface area (Å²) in [6.45, 7) is 4.53. The maximum Gasteiger partial charge on any atom is 0.472 e. The highest BCUT2D eigenvalue weighted by Gasteiger charge is 2.31. The lowest BCUT2D eigenvalue weighted by Gasteiger charge is -2.28. The van der Waals surface area contributed by atoms with Crippen molar-refractivity contribution in [3.05, 3.63) is 36.5 Å². The van der Waals surface area contributed by atoms with Crippen molar-refractivity contribution in [3.8, 4) is 0 Å². The highest BCUT2D eigenvalue weighted by atomic mass is 31.2. The first kappa shape index (κ1) is 51.7. The van der Waals surface area contributed by atoms with E-state index in [0.29, 0.717) is 30.3 Å². The quantitative estimate of drug-likeness (QED) is 0.0213. The molecule has 0 saturated heterocycles. The zero-order valence-electron chi connectivity index (χ0n) is 34.9. The number of nitrogens with one attached hydrogen (secondary N) is 1. The van der Waals surface area contributed by atoms with Crippen LogP contribution in [-0.2, 0) is 18.4 Å². The Kier molecular flexibility index (Phi) is 34.2. The van der Waals surface area contributed by atoms with Gasteiger partial charge < -0.3 is 24.9 Å². The predicted octanol–water partition coefficient (Wildman–Crippen LogP) is 10.5. The zero-order valence-corrected chi connectivity index (χ0v) is 35.8. The third kappa shape index (κ3) is 36.1. The number of carbonyl (C=O) groups is 1. The molecule has 0 aliphatic rings. The van der Waals surface area contributed by atoms with Crippen LogP contribution in [0, 0.1) is 0 Å². The molecule has 4 unspecified atom stereocenters. The molecule has 0 heterocycles. The Morgan fingerprint density at radius 2 is 1.11 bits per heavy atom. The average molecular weight is 772 g/mol. The number of nitrogens with zero attached hydrogens (tertiary/aromatic N) is 1. The van der Waals surface area contributed by atoms with Crippen molar-refractivity contribution in [2.45, 2.75) is 193 Å². The number of unbranched alkanes of at least 4 members (excludes halogenated alkanes) is 18. The number of likely N-dealkylation sites (N-methyl/N-ethyl adjacent to an activating group) is 1. The Labute approximate surface area is 326 Å². The highest BCUT2D eigenvalue weighted by molar-refractivity contribution is 7.47. The van der Waals surface area contributed by atoms with Crippen molar-refractivity contribution in [1.82, 2.24) is 5.32 Å². The molecule has 4 atom stereocenters. The van der Waals surface area contributed by atoms with E-state index in [1.165, 1.54) is 89.9 Å². The van der Waals surface area contributed by atoms with E-state index >= 15 is 0 Å². The van der Waals surface area contributed by atoms with Gasteiger partial charge in [-0.2, -0.15) is 0 Å². The SMILES string of the molecule is CCCCC/C=C\C/C=C\CCCCCCCCCC(=O)NC(COP(=O)(O)OCC[N+](C)(C)C)C(O)C(O)CCC/C=C/CCCCCCCCC. The molecule has 4 N–H and O–H groups in total. The second kappa shape index (κ2) is 35.1. The van der Waals surface area contributed by atoms with E-state index in [1.807, 2.05) is 21.1 Å². The molecule has 1 amide bonds. The molecule has 10 heteroatoms. The fourth-order valence-corrected chi connectivity index (χ4v) is 6.67. The smallest absolute Gasteiger partial charge is 0.390 e. The van der Waals surface area contributed by atoms with E-state index < -0.39 is 32.7 Å². The molecule has 312 valence electrons. The van der Waals surface area contributed by atoms with Crippen LogP contribution in [0.2, 0.25) is 0 Å². The molecule has 9 nitrogen and oxygen atoms in total. The molecule has 0 aromatic rings. The van der Waals surface area contributed by atoms with Gasteiger partial charge in [0.25, 0.3) is 0 Å². The number of carbonyl (C=O) groups excluding carboxylic acids is 1. The molecule has 0 spiro atoms. The number of amides is 1. The zero-order chi connectivity index (χ0) is 39.5. The lowest BCUT2D eigenvalue weighted by molar-refractivity contribution is -0.870. The number of aliphatic hydroxyl groups excluding tert-OH is 2. The first-order valence-electron chi connectivity index (χ1n) is 21.4. The number of aliphatic hydroxyl groups is 2.